The van der Waals surface area contributed by atoms with Crippen molar-refractivity contribution in [1.82, 2.24) is 9.88 Å². The van der Waals surface area contributed by atoms with Gasteiger partial charge in [0.05, 0.1) is 5.69 Å². The number of rotatable bonds is 3. The SMILES string of the molecule is Cc1ccc(-c2nc(C)c(C(=O)N3CCC[C@@H]([C@H](C)N)C3)s2)c(C)c1. The van der Waals surface area contributed by atoms with Crippen LogP contribution >= 0.6 is 11.3 Å². The van der Waals surface area contributed by atoms with E-state index in [0.717, 1.165) is 47.1 Å². The highest BCUT2D eigenvalue weighted by Gasteiger charge is 2.28. The number of nitrogens with zero attached hydrogens (tertiary/aromatic N) is 2. The van der Waals surface area contributed by atoms with Crippen molar-refractivity contribution in [2.24, 2.45) is 11.7 Å². The largest absolute Gasteiger partial charge is 0.338 e. The first kappa shape index (κ1) is 18.1. The van der Waals surface area contributed by atoms with Gasteiger partial charge in [-0.25, -0.2) is 4.98 Å². The Kier molecular flexibility index (Phi) is 5.25. The number of aryl methyl sites for hydroxylation is 3. The van der Waals surface area contributed by atoms with Crippen molar-refractivity contribution in [3.63, 3.8) is 0 Å². The molecule has 0 aliphatic carbocycles. The molecule has 134 valence electrons. The second kappa shape index (κ2) is 7.26. The van der Waals surface area contributed by atoms with Gasteiger partial charge in [0.15, 0.2) is 0 Å². The maximum atomic E-state index is 13.0. The number of carbonyl (C=O) groups is 1. The second-order valence-electron chi connectivity index (χ2n) is 7.26. The number of nitrogens with two attached hydrogens (primary N) is 1. The summed E-state index contributed by atoms with van der Waals surface area (Å²) < 4.78 is 0. The van der Waals surface area contributed by atoms with E-state index < -0.39 is 0 Å². The molecule has 2 aromatic rings. The fraction of sp³-hybridized carbons (Fsp3) is 0.500. The predicted octanol–water partition coefficient (Wildman–Crippen LogP) is 3.93. The van der Waals surface area contributed by atoms with Crippen LogP contribution in [0.1, 0.15) is 46.3 Å². The number of carbonyl (C=O) groups excluding carboxylic acids is 1. The van der Waals surface area contributed by atoms with Crippen LogP contribution in [-0.4, -0.2) is 34.9 Å². The van der Waals surface area contributed by atoms with Crippen molar-refractivity contribution >= 4 is 17.2 Å². The van der Waals surface area contributed by atoms with Gasteiger partial charge in [-0.15, -0.1) is 11.3 Å². The first-order valence-electron chi connectivity index (χ1n) is 8.96. The molecule has 0 unspecified atom stereocenters. The summed E-state index contributed by atoms with van der Waals surface area (Å²) in [5, 5.41) is 0.930. The van der Waals surface area contributed by atoms with Crippen LogP contribution < -0.4 is 5.73 Å². The van der Waals surface area contributed by atoms with Gasteiger partial charge in [0, 0.05) is 24.7 Å². The van der Waals surface area contributed by atoms with E-state index in [0.29, 0.717) is 5.92 Å². The van der Waals surface area contributed by atoms with Crippen LogP contribution in [0.25, 0.3) is 10.6 Å². The standard InChI is InChI=1S/C20H27N3OS/c1-12-7-8-17(13(2)10-12)19-22-15(4)18(25-19)20(24)23-9-5-6-16(11-23)14(3)21/h7-8,10,14,16H,5-6,9,11,21H2,1-4H3/t14-,16+/m0/s1. The fourth-order valence-corrected chi connectivity index (χ4v) is 4.66. The molecular formula is C20H27N3OS. The Morgan fingerprint density at radius 2 is 2.12 bits per heavy atom. The Morgan fingerprint density at radius 1 is 1.36 bits per heavy atom. The molecule has 5 heteroatoms. The molecule has 4 nitrogen and oxygen atoms in total. The van der Waals surface area contributed by atoms with Crippen molar-refractivity contribution in [3.8, 4) is 10.6 Å². The van der Waals surface area contributed by atoms with Crippen molar-refractivity contribution in [1.29, 1.82) is 0 Å². The van der Waals surface area contributed by atoms with E-state index in [4.69, 9.17) is 5.73 Å². The maximum Gasteiger partial charge on any atom is 0.265 e. The van der Waals surface area contributed by atoms with E-state index in [1.54, 1.807) is 0 Å². The Bertz CT molecular complexity index is 781. The molecule has 3 rings (SSSR count). The molecular weight excluding hydrogens is 330 g/mol. The third-order valence-corrected chi connectivity index (χ3v) is 6.27. The van der Waals surface area contributed by atoms with Gasteiger partial charge >= 0.3 is 0 Å². The summed E-state index contributed by atoms with van der Waals surface area (Å²) in [5.41, 5.74) is 10.4. The number of piperidine rings is 1. The third-order valence-electron chi connectivity index (χ3n) is 5.09. The number of hydrogen-bond acceptors (Lipinski definition) is 4. The lowest BCUT2D eigenvalue weighted by Gasteiger charge is -2.34. The fourth-order valence-electron chi connectivity index (χ4n) is 3.53. The molecule has 1 aliphatic heterocycles. The molecule has 0 radical (unpaired) electrons. The van der Waals surface area contributed by atoms with Gasteiger partial charge < -0.3 is 10.6 Å². The quantitative estimate of drug-likeness (QED) is 0.905. The van der Waals surface area contributed by atoms with E-state index in [1.165, 1.54) is 22.5 Å². The molecule has 1 aromatic heterocycles. The number of hydrogen-bond donors (Lipinski definition) is 1. The van der Waals surface area contributed by atoms with Crippen LogP contribution in [0.2, 0.25) is 0 Å². The van der Waals surface area contributed by atoms with Crippen LogP contribution in [0, 0.1) is 26.7 Å². The van der Waals surface area contributed by atoms with E-state index in [2.05, 4.69) is 37.0 Å². The van der Waals surface area contributed by atoms with Crippen LogP contribution in [0.4, 0.5) is 0 Å². The summed E-state index contributed by atoms with van der Waals surface area (Å²) in [7, 11) is 0. The molecule has 2 N–H and O–H groups in total. The van der Waals surface area contributed by atoms with Crippen molar-refractivity contribution in [3.05, 3.63) is 39.9 Å². The molecule has 2 atom stereocenters. The minimum Gasteiger partial charge on any atom is -0.338 e. The number of thiazole rings is 1. The lowest BCUT2D eigenvalue weighted by atomic mass is 9.92. The maximum absolute atomic E-state index is 13.0. The number of aromatic nitrogens is 1. The summed E-state index contributed by atoms with van der Waals surface area (Å²) >= 11 is 1.51. The second-order valence-corrected chi connectivity index (χ2v) is 8.26. The summed E-state index contributed by atoms with van der Waals surface area (Å²) in [6.07, 6.45) is 2.14. The van der Waals surface area contributed by atoms with Crippen LogP contribution in [-0.2, 0) is 0 Å². The molecule has 1 saturated heterocycles. The molecule has 0 spiro atoms. The highest BCUT2D eigenvalue weighted by Crippen LogP contribution is 2.32. The minimum atomic E-state index is 0.108. The van der Waals surface area contributed by atoms with Crippen molar-refractivity contribution in [2.75, 3.05) is 13.1 Å². The van der Waals surface area contributed by atoms with E-state index in [-0.39, 0.29) is 11.9 Å². The minimum absolute atomic E-state index is 0.108. The lowest BCUT2D eigenvalue weighted by Crippen LogP contribution is -2.45. The first-order valence-corrected chi connectivity index (χ1v) is 9.78. The zero-order chi connectivity index (χ0) is 18.1. The predicted molar refractivity (Wildman–Crippen MR) is 104 cm³/mol. The monoisotopic (exact) mass is 357 g/mol. The molecule has 0 bridgehead atoms. The Balaban J connectivity index is 1.86. The highest BCUT2D eigenvalue weighted by atomic mass is 32.1. The van der Waals surface area contributed by atoms with Crippen LogP contribution in [0.5, 0.6) is 0 Å². The van der Waals surface area contributed by atoms with Crippen molar-refractivity contribution in [2.45, 2.75) is 46.6 Å². The van der Waals surface area contributed by atoms with Gasteiger partial charge in [-0.1, -0.05) is 23.8 Å². The smallest absolute Gasteiger partial charge is 0.265 e. The van der Waals surface area contributed by atoms with Gasteiger partial charge in [0.2, 0.25) is 0 Å². The third kappa shape index (κ3) is 3.77. The van der Waals surface area contributed by atoms with Crippen molar-refractivity contribution < 1.29 is 4.79 Å². The normalized spacial score (nSPS) is 19.1. The van der Waals surface area contributed by atoms with Gasteiger partial charge in [-0.2, -0.15) is 0 Å². The van der Waals surface area contributed by atoms with E-state index >= 15 is 0 Å². The summed E-state index contributed by atoms with van der Waals surface area (Å²) in [6, 6.07) is 6.48. The molecule has 2 heterocycles. The number of benzene rings is 1. The molecule has 1 aliphatic rings. The molecule has 0 saturated carbocycles. The summed E-state index contributed by atoms with van der Waals surface area (Å²) in [6.45, 7) is 9.73. The zero-order valence-corrected chi connectivity index (χ0v) is 16.3. The van der Waals surface area contributed by atoms with Gasteiger partial charge in [0.25, 0.3) is 5.91 Å². The molecule has 25 heavy (non-hydrogen) atoms. The van der Waals surface area contributed by atoms with Gasteiger partial charge in [-0.05, 0) is 52.0 Å². The molecule has 1 fully saturated rings. The van der Waals surface area contributed by atoms with Crippen LogP contribution in [0.15, 0.2) is 18.2 Å². The average Bonchev–Trinajstić information content (AvgIpc) is 2.95. The summed E-state index contributed by atoms with van der Waals surface area (Å²) in [5.74, 6) is 0.501. The van der Waals surface area contributed by atoms with E-state index in [1.807, 2.05) is 18.7 Å². The van der Waals surface area contributed by atoms with Crippen LogP contribution in [0.3, 0.4) is 0 Å². The molecule has 1 aromatic carbocycles. The topological polar surface area (TPSA) is 59.2 Å². The number of likely N-dealkylation sites (tertiary alicyclic amines) is 1. The average molecular weight is 358 g/mol. The highest BCUT2D eigenvalue weighted by molar-refractivity contribution is 7.17. The molecule has 1 amide bonds. The van der Waals surface area contributed by atoms with Gasteiger partial charge in [0.1, 0.15) is 9.88 Å². The Labute approximate surface area is 154 Å². The zero-order valence-electron chi connectivity index (χ0n) is 15.5. The van der Waals surface area contributed by atoms with E-state index in [9.17, 15) is 4.79 Å². The Hall–Kier alpha value is -1.72. The lowest BCUT2D eigenvalue weighted by molar-refractivity contribution is 0.0665. The van der Waals surface area contributed by atoms with Gasteiger partial charge in [-0.3, -0.25) is 4.79 Å². The Morgan fingerprint density at radius 3 is 2.80 bits per heavy atom. The summed E-state index contributed by atoms with van der Waals surface area (Å²) in [4.78, 5) is 20.4. The number of amides is 1. The first-order chi connectivity index (χ1) is 11.9.